The number of hydrogen-bond acceptors (Lipinski definition) is 3. The van der Waals surface area contributed by atoms with Gasteiger partial charge < -0.3 is 5.32 Å². The topological polar surface area (TPSA) is 42.7 Å². The quantitative estimate of drug-likeness (QED) is 0.843. The van der Waals surface area contributed by atoms with E-state index < -0.39 is 0 Å². The minimum absolute atomic E-state index is 0.744. The van der Waals surface area contributed by atoms with E-state index in [1.165, 1.54) is 5.56 Å². The molecule has 2 rings (SSSR count). The van der Waals surface area contributed by atoms with Gasteiger partial charge in [0.05, 0.1) is 17.6 Å². The van der Waals surface area contributed by atoms with E-state index in [9.17, 15) is 0 Å². The summed E-state index contributed by atoms with van der Waals surface area (Å²) < 4.78 is 1.81. The number of nitrogens with one attached hydrogen (secondary N) is 1. The largest absolute Gasteiger partial charge is 0.314 e. The highest BCUT2D eigenvalue weighted by molar-refractivity contribution is 5.35. The molecule has 0 atom stereocenters. The second-order valence-electron chi connectivity index (χ2n) is 3.71. The van der Waals surface area contributed by atoms with Crippen molar-refractivity contribution in [3.63, 3.8) is 0 Å². The summed E-state index contributed by atoms with van der Waals surface area (Å²) in [5.74, 6) is 0. The van der Waals surface area contributed by atoms with Gasteiger partial charge in [-0.15, -0.1) is 5.10 Å². The van der Waals surface area contributed by atoms with E-state index >= 15 is 0 Å². The summed E-state index contributed by atoms with van der Waals surface area (Å²) in [6.45, 7) is 2.89. The molecule has 0 unspecified atom stereocenters. The molecule has 0 radical (unpaired) electrons. The smallest absolute Gasteiger partial charge is 0.0969 e. The van der Waals surface area contributed by atoms with E-state index in [2.05, 4.69) is 34.7 Å². The van der Waals surface area contributed by atoms with Crippen molar-refractivity contribution in [1.29, 1.82) is 0 Å². The Kier molecular flexibility index (Phi) is 3.31. The molecule has 16 heavy (non-hydrogen) atoms. The first-order chi connectivity index (χ1) is 7.83. The molecule has 1 aromatic heterocycles. The van der Waals surface area contributed by atoms with Gasteiger partial charge in [-0.3, -0.25) is 0 Å². The van der Waals surface area contributed by atoms with Crippen molar-refractivity contribution in [2.24, 2.45) is 0 Å². The summed E-state index contributed by atoms with van der Waals surface area (Å²) in [6.07, 6.45) is 2.98. The van der Waals surface area contributed by atoms with Crippen molar-refractivity contribution in [2.45, 2.75) is 19.9 Å². The lowest BCUT2D eigenvalue weighted by molar-refractivity contribution is 0.766. The van der Waals surface area contributed by atoms with Crippen LogP contribution >= 0.6 is 0 Å². The first kappa shape index (κ1) is 10.8. The third kappa shape index (κ3) is 2.28. The van der Waals surface area contributed by atoms with Gasteiger partial charge in [0.1, 0.15) is 0 Å². The molecule has 0 aliphatic heterocycles. The Balaban J connectivity index is 2.27. The molecule has 84 valence electrons. The van der Waals surface area contributed by atoms with E-state index in [-0.39, 0.29) is 0 Å². The fourth-order valence-electron chi connectivity index (χ4n) is 1.61. The Morgan fingerprint density at radius 3 is 3.00 bits per heavy atom. The number of rotatable bonds is 4. The first-order valence-electron chi connectivity index (χ1n) is 5.48. The lowest BCUT2D eigenvalue weighted by atomic mass is 10.1. The van der Waals surface area contributed by atoms with Crippen LogP contribution in [0.5, 0.6) is 0 Å². The molecule has 0 aliphatic carbocycles. The SMILES string of the molecule is CCc1cccc(-n2cc(CNC)nn2)c1. The summed E-state index contributed by atoms with van der Waals surface area (Å²) in [4.78, 5) is 0. The molecule has 0 amide bonds. The third-order valence-corrected chi connectivity index (χ3v) is 2.48. The molecule has 4 nitrogen and oxygen atoms in total. The number of hydrogen-bond donors (Lipinski definition) is 1. The molecule has 0 bridgehead atoms. The Morgan fingerprint density at radius 2 is 2.25 bits per heavy atom. The van der Waals surface area contributed by atoms with Crippen LogP contribution in [-0.4, -0.2) is 22.0 Å². The maximum absolute atomic E-state index is 4.11. The Labute approximate surface area is 95.3 Å². The first-order valence-corrected chi connectivity index (χ1v) is 5.48. The Morgan fingerprint density at radius 1 is 1.38 bits per heavy atom. The van der Waals surface area contributed by atoms with Gasteiger partial charge in [-0.2, -0.15) is 0 Å². The van der Waals surface area contributed by atoms with Gasteiger partial charge in [0.25, 0.3) is 0 Å². The van der Waals surface area contributed by atoms with Gasteiger partial charge in [-0.05, 0) is 31.2 Å². The highest BCUT2D eigenvalue weighted by Crippen LogP contribution is 2.10. The molecule has 0 saturated carbocycles. The van der Waals surface area contributed by atoms with Crippen LogP contribution in [0.3, 0.4) is 0 Å². The van der Waals surface area contributed by atoms with Crippen molar-refractivity contribution in [2.75, 3.05) is 7.05 Å². The average Bonchev–Trinajstić information content (AvgIpc) is 2.78. The monoisotopic (exact) mass is 216 g/mol. The van der Waals surface area contributed by atoms with E-state index in [0.717, 1.165) is 24.3 Å². The third-order valence-electron chi connectivity index (χ3n) is 2.48. The van der Waals surface area contributed by atoms with Gasteiger partial charge in [-0.25, -0.2) is 4.68 Å². The highest BCUT2D eigenvalue weighted by atomic mass is 15.4. The molecule has 1 heterocycles. The maximum atomic E-state index is 4.11. The second-order valence-corrected chi connectivity index (χ2v) is 3.71. The lowest BCUT2D eigenvalue weighted by Gasteiger charge is -2.02. The van der Waals surface area contributed by atoms with Crippen LogP contribution in [0, 0.1) is 0 Å². The summed E-state index contributed by atoms with van der Waals surface area (Å²) in [5, 5.41) is 11.3. The molecule has 2 aromatic rings. The fraction of sp³-hybridized carbons (Fsp3) is 0.333. The summed E-state index contributed by atoms with van der Waals surface area (Å²) in [5.41, 5.74) is 3.32. The van der Waals surface area contributed by atoms with Crippen LogP contribution in [0.15, 0.2) is 30.5 Å². The summed E-state index contributed by atoms with van der Waals surface area (Å²) >= 11 is 0. The maximum Gasteiger partial charge on any atom is 0.0969 e. The normalized spacial score (nSPS) is 10.6. The summed E-state index contributed by atoms with van der Waals surface area (Å²) in [6, 6.07) is 8.34. The summed E-state index contributed by atoms with van der Waals surface area (Å²) in [7, 11) is 1.90. The molecule has 1 N–H and O–H groups in total. The van der Waals surface area contributed by atoms with Crippen LogP contribution < -0.4 is 5.32 Å². The lowest BCUT2D eigenvalue weighted by Crippen LogP contribution is -2.04. The van der Waals surface area contributed by atoms with Crippen LogP contribution in [-0.2, 0) is 13.0 Å². The second kappa shape index (κ2) is 4.90. The van der Waals surface area contributed by atoms with Crippen LogP contribution in [0.4, 0.5) is 0 Å². The Hall–Kier alpha value is -1.68. The standard InChI is InChI=1S/C12H16N4/c1-3-10-5-4-6-12(7-10)16-9-11(8-13-2)14-15-16/h4-7,9,13H,3,8H2,1-2H3. The zero-order chi connectivity index (χ0) is 11.4. The Bertz CT molecular complexity index is 462. The van der Waals surface area contributed by atoms with E-state index in [0.29, 0.717) is 0 Å². The number of aryl methyl sites for hydroxylation is 1. The molecule has 1 aromatic carbocycles. The zero-order valence-electron chi connectivity index (χ0n) is 9.64. The van der Waals surface area contributed by atoms with Crippen molar-refractivity contribution in [3.05, 3.63) is 41.7 Å². The van der Waals surface area contributed by atoms with Crippen LogP contribution in [0.25, 0.3) is 5.69 Å². The number of nitrogens with zero attached hydrogens (tertiary/aromatic N) is 3. The highest BCUT2D eigenvalue weighted by Gasteiger charge is 2.02. The van der Waals surface area contributed by atoms with Gasteiger partial charge in [-0.1, -0.05) is 24.3 Å². The molecule has 0 saturated heterocycles. The van der Waals surface area contributed by atoms with E-state index in [1.54, 1.807) is 0 Å². The van der Waals surface area contributed by atoms with Crippen molar-refractivity contribution >= 4 is 0 Å². The van der Waals surface area contributed by atoms with Gasteiger partial charge in [0.15, 0.2) is 0 Å². The van der Waals surface area contributed by atoms with Gasteiger partial charge in [0, 0.05) is 6.54 Å². The molecule has 4 heteroatoms. The average molecular weight is 216 g/mol. The predicted molar refractivity (Wildman–Crippen MR) is 63.5 cm³/mol. The van der Waals surface area contributed by atoms with Gasteiger partial charge >= 0.3 is 0 Å². The predicted octanol–water partition coefficient (Wildman–Crippen LogP) is 1.55. The van der Waals surface area contributed by atoms with Crippen molar-refractivity contribution in [1.82, 2.24) is 20.3 Å². The zero-order valence-corrected chi connectivity index (χ0v) is 9.64. The minimum Gasteiger partial charge on any atom is -0.314 e. The van der Waals surface area contributed by atoms with E-state index in [1.807, 2.05) is 30.1 Å². The molecule has 0 spiro atoms. The van der Waals surface area contributed by atoms with Crippen LogP contribution in [0.1, 0.15) is 18.2 Å². The van der Waals surface area contributed by atoms with Gasteiger partial charge in [0.2, 0.25) is 0 Å². The minimum atomic E-state index is 0.744. The number of aromatic nitrogens is 3. The fourth-order valence-corrected chi connectivity index (χ4v) is 1.61. The molecule has 0 aliphatic rings. The molecule has 0 fully saturated rings. The van der Waals surface area contributed by atoms with Crippen molar-refractivity contribution < 1.29 is 0 Å². The molecular weight excluding hydrogens is 200 g/mol. The van der Waals surface area contributed by atoms with E-state index in [4.69, 9.17) is 0 Å². The van der Waals surface area contributed by atoms with Crippen LogP contribution in [0.2, 0.25) is 0 Å². The number of benzene rings is 1. The van der Waals surface area contributed by atoms with Crippen molar-refractivity contribution in [3.8, 4) is 5.69 Å². The molecular formula is C12H16N4.